The second-order valence-corrected chi connectivity index (χ2v) is 6.48. The number of aromatic nitrogens is 4. The zero-order valence-corrected chi connectivity index (χ0v) is 15.5. The van der Waals surface area contributed by atoms with Gasteiger partial charge in [0, 0.05) is 12.1 Å². The first kappa shape index (κ1) is 19.4. The van der Waals surface area contributed by atoms with Crippen LogP contribution in [0.25, 0.3) is 0 Å². The molecular formula is C18H16ClFN6O2. The van der Waals surface area contributed by atoms with Crippen LogP contribution in [0.2, 0.25) is 5.02 Å². The minimum atomic E-state index is -0.827. The van der Waals surface area contributed by atoms with Gasteiger partial charge in [-0.05, 0) is 53.2 Å². The van der Waals surface area contributed by atoms with Crippen molar-refractivity contribution in [3.8, 4) is 0 Å². The molecule has 0 saturated carbocycles. The third-order valence-electron chi connectivity index (χ3n) is 4.08. The fourth-order valence-corrected chi connectivity index (χ4v) is 3.00. The van der Waals surface area contributed by atoms with Crippen molar-refractivity contribution < 1.29 is 14.0 Å². The first-order valence-corrected chi connectivity index (χ1v) is 8.62. The van der Waals surface area contributed by atoms with Gasteiger partial charge in [0.15, 0.2) is 0 Å². The molecule has 0 fully saturated rings. The molecule has 1 atom stereocenters. The van der Waals surface area contributed by atoms with Crippen molar-refractivity contribution in [2.45, 2.75) is 19.4 Å². The smallest absolute Gasteiger partial charge is 0.250 e. The van der Waals surface area contributed by atoms with Gasteiger partial charge in [-0.25, -0.2) is 9.07 Å². The van der Waals surface area contributed by atoms with E-state index in [0.717, 1.165) is 0 Å². The molecule has 10 heteroatoms. The number of anilines is 1. The molecule has 0 saturated heterocycles. The van der Waals surface area contributed by atoms with E-state index >= 15 is 0 Å². The number of nitrogens with one attached hydrogen (secondary N) is 1. The van der Waals surface area contributed by atoms with E-state index in [-0.39, 0.29) is 17.0 Å². The fraction of sp³-hybridized carbons (Fsp3) is 0.167. The molecule has 1 aromatic heterocycles. The Morgan fingerprint density at radius 1 is 1.29 bits per heavy atom. The first-order valence-electron chi connectivity index (χ1n) is 8.24. The normalized spacial score (nSPS) is 11.8. The zero-order chi connectivity index (χ0) is 20.3. The van der Waals surface area contributed by atoms with Crippen LogP contribution >= 0.6 is 11.6 Å². The lowest BCUT2D eigenvalue weighted by Gasteiger charge is -2.18. The van der Waals surface area contributed by atoms with E-state index in [1.807, 2.05) is 0 Å². The van der Waals surface area contributed by atoms with Gasteiger partial charge in [0.1, 0.15) is 17.7 Å². The molecular weight excluding hydrogens is 387 g/mol. The monoisotopic (exact) mass is 402 g/mol. The highest BCUT2D eigenvalue weighted by Crippen LogP contribution is 2.23. The van der Waals surface area contributed by atoms with Gasteiger partial charge in [0.25, 0.3) is 0 Å². The number of hydrogen-bond acceptors (Lipinski definition) is 5. The average molecular weight is 403 g/mol. The topological polar surface area (TPSA) is 116 Å². The number of primary amides is 1. The van der Waals surface area contributed by atoms with Gasteiger partial charge in [-0.2, -0.15) is 0 Å². The Morgan fingerprint density at radius 3 is 2.68 bits per heavy atom. The Kier molecular flexibility index (Phi) is 5.65. The van der Waals surface area contributed by atoms with Crippen LogP contribution in [0.15, 0.2) is 42.5 Å². The summed E-state index contributed by atoms with van der Waals surface area (Å²) in [5.41, 5.74) is 6.35. The Balaban J connectivity index is 1.87. The van der Waals surface area contributed by atoms with Gasteiger partial charge in [-0.15, -0.1) is 5.10 Å². The summed E-state index contributed by atoms with van der Waals surface area (Å²) in [5, 5.41) is 14.1. The van der Waals surface area contributed by atoms with Crippen LogP contribution in [0.1, 0.15) is 27.8 Å². The van der Waals surface area contributed by atoms with Crippen molar-refractivity contribution in [1.29, 1.82) is 0 Å². The van der Waals surface area contributed by atoms with Crippen LogP contribution in [-0.4, -0.2) is 32.0 Å². The second kappa shape index (κ2) is 8.13. The van der Waals surface area contributed by atoms with Gasteiger partial charge in [-0.1, -0.05) is 23.7 Å². The predicted molar refractivity (Wildman–Crippen MR) is 100 cm³/mol. The number of nitrogens with zero attached hydrogens (tertiary/aromatic N) is 4. The lowest BCUT2D eigenvalue weighted by atomic mass is 10.0. The summed E-state index contributed by atoms with van der Waals surface area (Å²) in [6.07, 6.45) is 0.169. The Hall–Kier alpha value is -3.33. The molecule has 0 aliphatic heterocycles. The van der Waals surface area contributed by atoms with Crippen LogP contribution in [0.4, 0.5) is 10.1 Å². The van der Waals surface area contributed by atoms with Crippen molar-refractivity contribution in [3.05, 3.63) is 70.3 Å². The quantitative estimate of drug-likeness (QED) is 0.656. The number of hydrogen-bond donors (Lipinski definition) is 2. The van der Waals surface area contributed by atoms with Gasteiger partial charge in [0.05, 0.1) is 10.6 Å². The third-order valence-corrected chi connectivity index (χ3v) is 4.39. The van der Waals surface area contributed by atoms with Crippen molar-refractivity contribution >= 4 is 29.1 Å². The molecule has 0 aliphatic rings. The van der Waals surface area contributed by atoms with E-state index in [4.69, 9.17) is 17.3 Å². The van der Waals surface area contributed by atoms with Crippen LogP contribution in [0.5, 0.6) is 0 Å². The molecule has 2 aromatic carbocycles. The van der Waals surface area contributed by atoms with Crippen LogP contribution < -0.4 is 11.1 Å². The molecule has 0 spiro atoms. The number of benzene rings is 2. The average Bonchev–Trinajstić information content (AvgIpc) is 3.05. The van der Waals surface area contributed by atoms with Crippen molar-refractivity contribution in [2.75, 3.05) is 5.32 Å². The molecule has 3 aromatic rings. The number of nitrogens with two attached hydrogens (primary N) is 1. The first-order chi connectivity index (χ1) is 13.3. The van der Waals surface area contributed by atoms with Crippen molar-refractivity contribution in [3.63, 3.8) is 0 Å². The maximum atomic E-state index is 13.5. The summed E-state index contributed by atoms with van der Waals surface area (Å²) in [4.78, 5) is 24.2. The van der Waals surface area contributed by atoms with E-state index in [2.05, 4.69) is 20.8 Å². The number of rotatable bonds is 6. The van der Waals surface area contributed by atoms with Gasteiger partial charge >= 0.3 is 0 Å². The molecule has 1 unspecified atom stereocenters. The van der Waals surface area contributed by atoms with Gasteiger partial charge in [-0.3, -0.25) is 9.59 Å². The lowest BCUT2D eigenvalue weighted by Crippen LogP contribution is -2.29. The molecule has 8 nitrogen and oxygen atoms in total. The molecule has 2 amide bonds. The Bertz CT molecular complexity index is 1040. The van der Waals surface area contributed by atoms with Crippen molar-refractivity contribution in [1.82, 2.24) is 20.2 Å². The van der Waals surface area contributed by atoms with Crippen LogP contribution in [0, 0.1) is 12.7 Å². The lowest BCUT2D eigenvalue weighted by molar-refractivity contribution is -0.119. The summed E-state index contributed by atoms with van der Waals surface area (Å²) < 4.78 is 14.9. The largest absolute Gasteiger partial charge is 0.366 e. The number of carbonyl (C=O) groups excluding carboxylic acids is 2. The van der Waals surface area contributed by atoms with Crippen LogP contribution in [0.3, 0.4) is 0 Å². The van der Waals surface area contributed by atoms with E-state index < -0.39 is 23.7 Å². The molecule has 0 aliphatic carbocycles. The summed E-state index contributed by atoms with van der Waals surface area (Å²) in [6, 6.07) is 9.47. The number of halogens is 2. The number of carbonyl (C=O) groups is 2. The SMILES string of the molecule is Cc1nnnn1C(Cc1cccc(F)c1)C(=O)Nc1ccc(C(N)=O)c(Cl)c1. The van der Waals surface area contributed by atoms with Crippen molar-refractivity contribution in [2.24, 2.45) is 5.73 Å². The molecule has 1 heterocycles. The minimum absolute atomic E-state index is 0.116. The van der Waals surface area contributed by atoms with Crippen LogP contribution in [-0.2, 0) is 11.2 Å². The highest BCUT2D eigenvalue weighted by Gasteiger charge is 2.25. The predicted octanol–water partition coefficient (Wildman–Crippen LogP) is 2.30. The molecule has 3 rings (SSSR count). The third kappa shape index (κ3) is 4.32. The number of aryl methyl sites for hydroxylation is 1. The molecule has 3 N–H and O–H groups in total. The van der Waals surface area contributed by atoms with Gasteiger partial charge < -0.3 is 11.1 Å². The molecule has 28 heavy (non-hydrogen) atoms. The standard InChI is InChI=1S/C18H16ClFN6O2/c1-10-23-24-25-26(10)16(8-11-3-2-4-12(20)7-11)18(28)22-13-5-6-14(17(21)27)15(19)9-13/h2-7,9,16H,8H2,1H3,(H2,21,27)(H,22,28). The maximum Gasteiger partial charge on any atom is 0.250 e. The number of tetrazole rings is 1. The highest BCUT2D eigenvalue weighted by atomic mass is 35.5. The molecule has 0 radical (unpaired) electrons. The summed E-state index contributed by atoms with van der Waals surface area (Å²) in [5.74, 6) is -1.07. The fourth-order valence-electron chi connectivity index (χ4n) is 2.72. The Labute approximate surface area is 164 Å². The molecule has 144 valence electrons. The van der Waals surface area contributed by atoms with E-state index in [9.17, 15) is 14.0 Å². The van der Waals surface area contributed by atoms with E-state index in [1.165, 1.54) is 35.0 Å². The summed E-state index contributed by atoms with van der Waals surface area (Å²) >= 11 is 6.03. The highest BCUT2D eigenvalue weighted by molar-refractivity contribution is 6.34. The number of amides is 2. The second-order valence-electron chi connectivity index (χ2n) is 6.07. The maximum absolute atomic E-state index is 13.5. The van der Waals surface area contributed by atoms with E-state index in [0.29, 0.717) is 17.1 Å². The molecule has 0 bridgehead atoms. The van der Waals surface area contributed by atoms with E-state index in [1.54, 1.807) is 19.1 Å². The Morgan fingerprint density at radius 2 is 2.07 bits per heavy atom. The summed E-state index contributed by atoms with van der Waals surface area (Å²) in [7, 11) is 0. The zero-order valence-electron chi connectivity index (χ0n) is 14.8. The summed E-state index contributed by atoms with van der Waals surface area (Å²) in [6.45, 7) is 1.66. The van der Waals surface area contributed by atoms with Gasteiger partial charge in [0.2, 0.25) is 11.8 Å². The minimum Gasteiger partial charge on any atom is -0.366 e.